The van der Waals surface area contributed by atoms with E-state index in [4.69, 9.17) is 10.5 Å². The number of aliphatic hydroxyl groups excluding tert-OH is 1. The molecular weight excluding hydrogens is 263 g/mol. The van der Waals surface area contributed by atoms with Crippen LogP contribution < -0.4 is 15.8 Å². The normalized spacial score (nSPS) is 14.1. The molecule has 0 aliphatic rings. The van der Waals surface area contributed by atoms with Gasteiger partial charge in [0.05, 0.1) is 6.04 Å². The molecule has 112 valence electrons. The zero-order valence-corrected chi connectivity index (χ0v) is 11.7. The van der Waals surface area contributed by atoms with Crippen molar-refractivity contribution in [3.8, 4) is 5.75 Å². The molecule has 6 heteroatoms. The summed E-state index contributed by atoms with van der Waals surface area (Å²) in [5.74, 6) is -0.286. The van der Waals surface area contributed by atoms with Gasteiger partial charge in [-0.25, -0.2) is 4.39 Å². The van der Waals surface area contributed by atoms with Gasteiger partial charge in [0.1, 0.15) is 24.3 Å². The van der Waals surface area contributed by atoms with E-state index < -0.39 is 18.1 Å². The van der Waals surface area contributed by atoms with Crippen LogP contribution in [0.2, 0.25) is 0 Å². The zero-order valence-electron chi connectivity index (χ0n) is 11.7. The Hall–Kier alpha value is -1.66. The number of rotatable bonds is 8. The molecule has 0 fully saturated rings. The minimum atomic E-state index is -0.791. The third kappa shape index (κ3) is 5.54. The van der Waals surface area contributed by atoms with Crippen LogP contribution in [0.25, 0.3) is 0 Å². The van der Waals surface area contributed by atoms with Crippen LogP contribution in [-0.2, 0) is 4.79 Å². The number of hydrogen-bond donors (Lipinski definition) is 3. The molecule has 0 heterocycles. The first-order valence-corrected chi connectivity index (χ1v) is 6.49. The van der Waals surface area contributed by atoms with Crippen LogP contribution >= 0.6 is 0 Å². The molecular formula is C14H21FN2O3. The van der Waals surface area contributed by atoms with E-state index in [9.17, 15) is 14.3 Å². The zero-order chi connectivity index (χ0) is 15.1. The number of primary amides is 1. The summed E-state index contributed by atoms with van der Waals surface area (Å²) in [4.78, 5) is 11.2. The molecule has 20 heavy (non-hydrogen) atoms. The molecule has 0 radical (unpaired) electrons. The van der Waals surface area contributed by atoms with Gasteiger partial charge >= 0.3 is 0 Å². The molecule has 0 saturated heterocycles. The average molecular weight is 284 g/mol. The minimum absolute atomic E-state index is 0.0396. The molecule has 2 unspecified atom stereocenters. The number of amides is 1. The van der Waals surface area contributed by atoms with E-state index in [-0.39, 0.29) is 24.9 Å². The lowest BCUT2D eigenvalue weighted by Crippen LogP contribution is -2.48. The van der Waals surface area contributed by atoms with Crippen LogP contribution in [0, 0.1) is 11.7 Å². The number of benzene rings is 1. The van der Waals surface area contributed by atoms with Gasteiger partial charge in [-0.3, -0.25) is 4.79 Å². The van der Waals surface area contributed by atoms with E-state index in [0.717, 1.165) is 0 Å². The van der Waals surface area contributed by atoms with Gasteiger partial charge in [-0.15, -0.1) is 0 Å². The molecule has 0 bridgehead atoms. The fourth-order valence-corrected chi connectivity index (χ4v) is 1.71. The molecule has 0 aromatic heterocycles. The van der Waals surface area contributed by atoms with Gasteiger partial charge in [-0.1, -0.05) is 13.8 Å². The van der Waals surface area contributed by atoms with Gasteiger partial charge in [0.2, 0.25) is 5.91 Å². The van der Waals surface area contributed by atoms with Gasteiger partial charge < -0.3 is 20.9 Å². The Morgan fingerprint density at radius 3 is 2.50 bits per heavy atom. The second-order valence-electron chi connectivity index (χ2n) is 4.95. The predicted octanol–water partition coefficient (Wildman–Crippen LogP) is 0.665. The first kappa shape index (κ1) is 16.4. The third-order valence-electron chi connectivity index (χ3n) is 2.80. The first-order chi connectivity index (χ1) is 9.40. The van der Waals surface area contributed by atoms with Gasteiger partial charge in [-0.2, -0.15) is 0 Å². The molecule has 1 aromatic carbocycles. The number of carbonyl (C=O) groups is 1. The van der Waals surface area contributed by atoms with Crippen LogP contribution in [0.5, 0.6) is 5.75 Å². The standard InChI is InChI=1S/C14H21FN2O3/c1-9(2)13(14(16)19)17-7-11(18)8-20-12-5-3-10(15)4-6-12/h3-6,9,11,13,17-18H,7-8H2,1-2H3,(H2,16,19). The lowest BCUT2D eigenvalue weighted by atomic mass is 10.0. The van der Waals surface area contributed by atoms with Crippen molar-refractivity contribution in [3.05, 3.63) is 30.1 Å². The number of aliphatic hydroxyl groups is 1. The summed E-state index contributed by atoms with van der Waals surface area (Å²) in [6, 6.07) is 5.03. The topological polar surface area (TPSA) is 84.6 Å². The van der Waals surface area contributed by atoms with E-state index in [0.29, 0.717) is 5.75 Å². The van der Waals surface area contributed by atoms with Crippen LogP contribution in [0.4, 0.5) is 4.39 Å². The molecule has 0 aliphatic heterocycles. The van der Waals surface area contributed by atoms with Gasteiger partial charge in [0, 0.05) is 6.54 Å². The van der Waals surface area contributed by atoms with Crippen LogP contribution in [-0.4, -0.2) is 36.3 Å². The second kappa shape index (κ2) is 7.81. The number of ether oxygens (including phenoxy) is 1. The van der Waals surface area contributed by atoms with Gasteiger partial charge in [0.15, 0.2) is 0 Å². The third-order valence-corrected chi connectivity index (χ3v) is 2.80. The Bertz CT molecular complexity index is 423. The maximum atomic E-state index is 12.7. The van der Waals surface area contributed by atoms with E-state index in [2.05, 4.69) is 5.32 Å². The lowest BCUT2D eigenvalue weighted by molar-refractivity contribution is -0.121. The number of hydrogen-bond acceptors (Lipinski definition) is 4. The van der Waals surface area contributed by atoms with Crippen LogP contribution in [0.3, 0.4) is 0 Å². The van der Waals surface area contributed by atoms with Crippen molar-refractivity contribution in [1.82, 2.24) is 5.32 Å². The van der Waals surface area contributed by atoms with Crippen molar-refractivity contribution in [1.29, 1.82) is 0 Å². The molecule has 0 spiro atoms. The summed E-state index contributed by atoms with van der Waals surface area (Å²) in [6.45, 7) is 3.96. The Balaban J connectivity index is 2.34. The largest absolute Gasteiger partial charge is 0.491 e. The number of carbonyl (C=O) groups excluding carboxylic acids is 1. The molecule has 1 aromatic rings. The maximum absolute atomic E-state index is 12.7. The van der Waals surface area contributed by atoms with Crippen molar-refractivity contribution >= 4 is 5.91 Å². The molecule has 5 nitrogen and oxygen atoms in total. The summed E-state index contributed by atoms with van der Waals surface area (Å²) in [5, 5.41) is 12.7. The smallest absolute Gasteiger partial charge is 0.234 e. The average Bonchev–Trinajstić information content (AvgIpc) is 2.37. The maximum Gasteiger partial charge on any atom is 0.234 e. The lowest BCUT2D eigenvalue weighted by Gasteiger charge is -2.21. The van der Waals surface area contributed by atoms with E-state index in [1.807, 2.05) is 13.8 Å². The molecule has 0 saturated carbocycles. The number of nitrogens with one attached hydrogen (secondary N) is 1. The number of nitrogens with two attached hydrogens (primary N) is 1. The highest BCUT2D eigenvalue weighted by molar-refractivity contribution is 5.80. The number of halogens is 1. The van der Waals surface area contributed by atoms with Crippen molar-refractivity contribution in [2.75, 3.05) is 13.2 Å². The van der Waals surface area contributed by atoms with Crippen molar-refractivity contribution in [2.24, 2.45) is 11.7 Å². The summed E-state index contributed by atoms with van der Waals surface area (Å²) in [5.41, 5.74) is 5.25. The summed E-state index contributed by atoms with van der Waals surface area (Å²) >= 11 is 0. The Morgan fingerprint density at radius 2 is 2.00 bits per heavy atom. The quantitative estimate of drug-likeness (QED) is 0.655. The van der Waals surface area contributed by atoms with E-state index in [1.165, 1.54) is 24.3 Å². The Morgan fingerprint density at radius 1 is 1.40 bits per heavy atom. The highest BCUT2D eigenvalue weighted by Gasteiger charge is 2.19. The highest BCUT2D eigenvalue weighted by atomic mass is 19.1. The Kier molecular flexibility index (Phi) is 6.41. The SMILES string of the molecule is CC(C)C(NCC(O)COc1ccc(F)cc1)C(N)=O. The molecule has 0 aliphatic carbocycles. The highest BCUT2D eigenvalue weighted by Crippen LogP contribution is 2.11. The first-order valence-electron chi connectivity index (χ1n) is 6.49. The van der Waals surface area contributed by atoms with Crippen molar-refractivity contribution in [2.45, 2.75) is 26.0 Å². The molecule has 2 atom stereocenters. The van der Waals surface area contributed by atoms with E-state index >= 15 is 0 Å². The van der Waals surface area contributed by atoms with Crippen LogP contribution in [0.1, 0.15) is 13.8 Å². The van der Waals surface area contributed by atoms with Crippen LogP contribution in [0.15, 0.2) is 24.3 Å². The summed E-state index contributed by atoms with van der Waals surface area (Å²) < 4.78 is 18.0. The minimum Gasteiger partial charge on any atom is -0.491 e. The molecule has 1 amide bonds. The van der Waals surface area contributed by atoms with Gasteiger partial charge in [0.25, 0.3) is 0 Å². The Labute approximate surface area is 117 Å². The molecule has 1 rings (SSSR count). The fourth-order valence-electron chi connectivity index (χ4n) is 1.71. The van der Waals surface area contributed by atoms with Crippen molar-refractivity contribution < 1.29 is 19.0 Å². The fraction of sp³-hybridized carbons (Fsp3) is 0.500. The summed E-state index contributed by atoms with van der Waals surface area (Å²) in [7, 11) is 0. The second-order valence-corrected chi connectivity index (χ2v) is 4.95. The van der Waals surface area contributed by atoms with Gasteiger partial charge in [-0.05, 0) is 30.2 Å². The molecule has 4 N–H and O–H groups in total. The van der Waals surface area contributed by atoms with Crippen molar-refractivity contribution in [3.63, 3.8) is 0 Å². The van der Waals surface area contributed by atoms with E-state index in [1.54, 1.807) is 0 Å². The monoisotopic (exact) mass is 284 g/mol. The predicted molar refractivity (Wildman–Crippen MR) is 73.7 cm³/mol. The summed E-state index contributed by atoms with van der Waals surface area (Å²) in [6.07, 6.45) is -0.791.